The molecule has 94 valence electrons. The minimum absolute atomic E-state index is 0.0293. The molecule has 1 N–H and O–H groups in total. The zero-order valence-corrected chi connectivity index (χ0v) is 9.57. The molecule has 1 saturated heterocycles. The summed E-state index contributed by atoms with van der Waals surface area (Å²) in [5.74, 6) is -1.20. The molecule has 17 heavy (non-hydrogen) atoms. The predicted octanol–water partition coefficient (Wildman–Crippen LogP) is 2.10. The van der Waals surface area contributed by atoms with Crippen molar-refractivity contribution in [2.75, 3.05) is 18.1 Å². The summed E-state index contributed by atoms with van der Waals surface area (Å²) in [5.41, 5.74) is 0. The zero-order chi connectivity index (χ0) is 12.3. The SMILES string of the molecule is OCC1CCCCCN1c1ncc(F)cc1F. The summed E-state index contributed by atoms with van der Waals surface area (Å²) < 4.78 is 26.5. The van der Waals surface area contributed by atoms with Crippen molar-refractivity contribution in [2.24, 2.45) is 0 Å². The molecule has 1 aliphatic heterocycles. The van der Waals surface area contributed by atoms with Gasteiger partial charge in [-0.25, -0.2) is 13.8 Å². The second kappa shape index (κ2) is 5.40. The molecule has 0 saturated carbocycles. The van der Waals surface area contributed by atoms with Gasteiger partial charge in [-0.15, -0.1) is 0 Å². The Balaban J connectivity index is 2.28. The lowest BCUT2D eigenvalue weighted by molar-refractivity contribution is 0.254. The molecule has 1 aromatic rings. The first-order valence-electron chi connectivity index (χ1n) is 5.91. The largest absolute Gasteiger partial charge is 0.394 e. The number of pyridine rings is 1. The van der Waals surface area contributed by atoms with Gasteiger partial charge < -0.3 is 10.0 Å². The molecule has 1 atom stereocenters. The summed E-state index contributed by atoms with van der Waals surface area (Å²) in [6.45, 7) is 0.624. The quantitative estimate of drug-likeness (QED) is 0.862. The predicted molar refractivity (Wildman–Crippen MR) is 60.8 cm³/mol. The Bertz CT molecular complexity index is 387. The Morgan fingerprint density at radius 2 is 2.18 bits per heavy atom. The lowest BCUT2D eigenvalue weighted by Gasteiger charge is -2.29. The molecule has 1 unspecified atom stereocenters. The van der Waals surface area contributed by atoms with Crippen LogP contribution in [0.15, 0.2) is 12.3 Å². The van der Waals surface area contributed by atoms with E-state index >= 15 is 0 Å². The van der Waals surface area contributed by atoms with Gasteiger partial charge in [-0.2, -0.15) is 0 Å². The number of hydrogen-bond donors (Lipinski definition) is 1. The molecule has 0 amide bonds. The van der Waals surface area contributed by atoms with Gasteiger partial charge in [0.1, 0.15) is 5.82 Å². The Morgan fingerprint density at radius 1 is 1.35 bits per heavy atom. The second-order valence-electron chi connectivity index (χ2n) is 4.34. The van der Waals surface area contributed by atoms with Crippen molar-refractivity contribution in [1.82, 2.24) is 4.98 Å². The Morgan fingerprint density at radius 3 is 2.88 bits per heavy atom. The van der Waals surface area contributed by atoms with Gasteiger partial charge in [-0.1, -0.05) is 12.8 Å². The van der Waals surface area contributed by atoms with Crippen LogP contribution in [0.3, 0.4) is 0 Å². The number of halogens is 2. The van der Waals surface area contributed by atoms with Crippen LogP contribution < -0.4 is 4.90 Å². The summed E-state index contributed by atoms with van der Waals surface area (Å²) in [6, 6.07) is 0.715. The Labute approximate surface area is 99.1 Å². The first kappa shape index (κ1) is 12.2. The fourth-order valence-electron chi connectivity index (χ4n) is 2.26. The maximum absolute atomic E-state index is 13.7. The molecule has 2 rings (SSSR count). The highest BCUT2D eigenvalue weighted by atomic mass is 19.1. The fraction of sp³-hybridized carbons (Fsp3) is 0.583. The van der Waals surface area contributed by atoms with E-state index in [4.69, 9.17) is 0 Å². The summed E-state index contributed by atoms with van der Waals surface area (Å²) in [6.07, 6.45) is 4.85. The van der Waals surface area contributed by atoms with Crippen molar-refractivity contribution in [3.05, 3.63) is 23.9 Å². The number of nitrogens with zero attached hydrogens (tertiary/aromatic N) is 2. The monoisotopic (exact) mass is 242 g/mol. The van der Waals surface area contributed by atoms with E-state index in [9.17, 15) is 13.9 Å². The molecule has 3 nitrogen and oxygen atoms in total. The molecule has 0 aromatic carbocycles. The van der Waals surface area contributed by atoms with E-state index in [1.54, 1.807) is 4.90 Å². The van der Waals surface area contributed by atoms with E-state index in [0.717, 1.165) is 37.9 Å². The van der Waals surface area contributed by atoms with Crippen LogP contribution in [0.5, 0.6) is 0 Å². The highest BCUT2D eigenvalue weighted by Gasteiger charge is 2.24. The topological polar surface area (TPSA) is 36.4 Å². The van der Waals surface area contributed by atoms with Gasteiger partial charge in [0, 0.05) is 12.6 Å². The third kappa shape index (κ3) is 2.72. The van der Waals surface area contributed by atoms with Crippen LogP contribution in [-0.2, 0) is 0 Å². The van der Waals surface area contributed by atoms with E-state index < -0.39 is 11.6 Å². The smallest absolute Gasteiger partial charge is 0.168 e. The highest BCUT2D eigenvalue weighted by molar-refractivity contribution is 5.41. The molecule has 1 aromatic heterocycles. The van der Waals surface area contributed by atoms with Gasteiger partial charge >= 0.3 is 0 Å². The lowest BCUT2D eigenvalue weighted by Crippen LogP contribution is -2.38. The minimum atomic E-state index is -0.679. The molecular formula is C12H16F2N2O. The number of aliphatic hydroxyl groups is 1. The van der Waals surface area contributed by atoms with Crippen LogP contribution in [0.4, 0.5) is 14.6 Å². The average Bonchev–Trinajstić information content (AvgIpc) is 2.54. The zero-order valence-electron chi connectivity index (χ0n) is 9.57. The highest BCUT2D eigenvalue weighted by Crippen LogP contribution is 2.24. The van der Waals surface area contributed by atoms with Crippen molar-refractivity contribution >= 4 is 5.82 Å². The second-order valence-corrected chi connectivity index (χ2v) is 4.34. The van der Waals surface area contributed by atoms with Crippen molar-refractivity contribution in [2.45, 2.75) is 31.7 Å². The summed E-state index contributed by atoms with van der Waals surface area (Å²) in [4.78, 5) is 5.56. The van der Waals surface area contributed by atoms with Crippen LogP contribution in [-0.4, -0.2) is 29.3 Å². The number of anilines is 1. The third-order valence-corrected chi connectivity index (χ3v) is 3.15. The van der Waals surface area contributed by atoms with Crippen molar-refractivity contribution < 1.29 is 13.9 Å². The number of aliphatic hydroxyl groups excluding tert-OH is 1. The molecule has 0 bridgehead atoms. The molecule has 0 radical (unpaired) electrons. The average molecular weight is 242 g/mol. The van der Waals surface area contributed by atoms with E-state index in [0.29, 0.717) is 6.54 Å². The Hall–Kier alpha value is -1.23. The van der Waals surface area contributed by atoms with Crippen LogP contribution >= 0.6 is 0 Å². The third-order valence-electron chi connectivity index (χ3n) is 3.15. The number of rotatable bonds is 2. The molecule has 1 aliphatic rings. The maximum atomic E-state index is 13.7. The summed E-state index contributed by atoms with van der Waals surface area (Å²) in [5, 5.41) is 9.33. The molecule has 1 fully saturated rings. The van der Waals surface area contributed by atoms with Gasteiger partial charge in [-0.05, 0) is 12.8 Å². The van der Waals surface area contributed by atoms with Crippen LogP contribution in [0, 0.1) is 11.6 Å². The normalized spacial score (nSPS) is 21.4. The summed E-state index contributed by atoms with van der Waals surface area (Å²) >= 11 is 0. The fourth-order valence-corrected chi connectivity index (χ4v) is 2.26. The van der Waals surface area contributed by atoms with Crippen LogP contribution in [0.1, 0.15) is 25.7 Å². The maximum Gasteiger partial charge on any atom is 0.168 e. The molecular weight excluding hydrogens is 226 g/mol. The first-order valence-corrected chi connectivity index (χ1v) is 5.91. The number of aromatic nitrogens is 1. The Kier molecular flexibility index (Phi) is 3.89. The minimum Gasteiger partial charge on any atom is -0.394 e. The van der Waals surface area contributed by atoms with Gasteiger partial charge in [-0.3, -0.25) is 0 Å². The number of hydrogen-bond acceptors (Lipinski definition) is 3. The lowest BCUT2D eigenvalue weighted by atomic mass is 10.1. The van der Waals surface area contributed by atoms with Gasteiger partial charge in [0.15, 0.2) is 11.6 Å². The molecule has 0 spiro atoms. The van der Waals surface area contributed by atoms with Crippen LogP contribution in [0.2, 0.25) is 0 Å². The van der Waals surface area contributed by atoms with Gasteiger partial charge in [0.25, 0.3) is 0 Å². The molecule has 2 heterocycles. The van der Waals surface area contributed by atoms with E-state index in [-0.39, 0.29) is 18.5 Å². The van der Waals surface area contributed by atoms with E-state index in [1.165, 1.54) is 0 Å². The van der Waals surface area contributed by atoms with Gasteiger partial charge in [0.2, 0.25) is 0 Å². The van der Waals surface area contributed by atoms with Crippen molar-refractivity contribution in [3.63, 3.8) is 0 Å². The van der Waals surface area contributed by atoms with Crippen LogP contribution in [0.25, 0.3) is 0 Å². The summed E-state index contributed by atoms with van der Waals surface area (Å²) in [7, 11) is 0. The van der Waals surface area contributed by atoms with E-state index in [1.807, 2.05) is 0 Å². The first-order chi connectivity index (χ1) is 8.22. The van der Waals surface area contributed by atoms with E-state index in [2.05, 4.69) is 4.98 Å². The van der Waals surface area contributed by atoms with Crippen molar-refractivity contribution in [3.8, 4) is 0 Å². The molecule has 0 aliphatic carbocycles. The van der Waals surface area contributed by atoms with Crippen molar-refractivity contribution in [1.29, 1.82) is 0 Å². The van der Waals surface area contributed by atoms with Gasteiger partial charge in [0.05, 0.1) is 18.8 Å². The molecule has 5 heteroatoms. The standard InChI is InChI=1S/C12H16F2N2O/c13-9-6-11(14)12(15-7-9)16-5-3-1-2-4-10(16)8-17/h6-7,10,17H,1-5,8H2.